The van der Waals surface area contributed by atoms with Gasteiger partial charge in [-0.3, -0.25) is 0 Å². The highest BCUT2D eigenvalue weighted by Gasteiger charge is 2.45. The van der Waals surface area contributed by atoms with E-state index < -0.39 is 0 Å². The van der Waals surface area contributed by atoms with Gasteiger partial charge in [0.25, 0.3) is 6.71 Å². The van der Waals surface area contributed by atoms with Crippen molar-refractivity contribution in [3.8, 4) is 16.8 Å². The minimum absolute atomic E-state index is 0.00781. The van der Waals surface area contributed by atoms with Gasteiger partial charge in [0, 0.05) is 50.0 Å². The molecule has 0 fully saturated rings. The third-order valence-corrected chi connectivity index (χ3v) is 16.7. The molecule has 75 heavy (non-hydrogen) atoms. The number of fused-ring (bicyclic) bond motifs is 10. The van der Waals surface area contributed by atoms with E-state index in [0.717, 1.165) is 27.6 Å². The fourth-order valence-corrected chi connectivity index (χ4v) is 12.8. The number of benzene rings is 9. The second-order valence-electron chi connectivity index (χ2n) is 24.9. The lowest BCUT2D eigenvalue weighted by Gasteiger charge is -2.46. The summed E-state index contributed by atoms with van der Waals surface area (Å²) in [5.74, 6) is 0. The topological polar surface area (TPSA) is 24.6 Å². The van der Waals surface area contributed by atoms with Gasteiger partial charge >= 0.3 is 0 Å². The highest BCUT2D eigenvalue weighted by molar-refractivity contribution is 7.00. The molecule has 0 radical (unpaired) electrons. The quantitative estimate of drug-likeness (QED) is 0.164. The van der Waals surface area contributed by atoms with Crippen LogP contribution in [-0.2, 0) is 16.2 Å². The summed E-state index contributed by atoms with van der Waals surface area (Å²) < 4.78 is 8.83. The molecule has 0 atom stereocenters. The van der Waals surface area contributed by atoms with Gasteiger partial charge in [-0.25, -0.2) is 0 Å². The molecule has 0 N–H and O–H groups in total. The molecule has 0 bridgehead atoms. The predicted octanol–water partition coefficient (Wildman–Crippen LogP) is 17.6. The normalized spacial score (nSPS) is 13.6. The summed E-state index contributed by atoms with van der Waals surface area (Å²) in [5, 5.41) is 4.82. The number of para-hydroxylation sites is 3. The van der Waals surface area contributed by atoms with E-state index in [1.807, 2.05) is 6.07 Å². The van der Waals surface area contributed by atoms with Crippen molar-refractivity contribution < 1.29 is 4.42 Å². The number of hydrogen-bond donors (Lipinski definition) is 0. The third-order valence-electron chi connectivity index (χ3n) is 16.7. The van der Waals surface area contributed by atoms with Crippen molar-refractivity contribution in [1.29, 1.82) is 0 Å². The molecule has 5 heteroatoms. The summed E-state index contributed by atoms with van der Waals surface area (Å²) in [6.07, 6.45) is 0. The molecule has 4 nitrogen and oxygen atoms in total. The minimum Gasteiger partial charge on any atom is -0.456 e. The van der Waals surface area contributed by atoms with Crippen molar-refractivity contribution in [2.45, 2.75) is 106 Å². The first kappa shape index (κ1) is 47.0. The molecule has 0 spiro atoms. The molecule has 9 aromatic carbocycles. The van der Waals surface area contributed by atoms with Crippen LogP contribution in [0.2, 0.25) is 0 Å². The molecular weight excluding hydrogens is 910 g/mol. The Balaban J connectivity index is 1.13. The maximum absolute atomic E-state index is 6.28. The van der Waals surface area contributed by atoms with Gasteiger partial charge in [-0.15, -0.1) is 0 Å². The van der Waals surface area contributed by atoms with E-state index in [0.29, 0.717) is 0 Å². The number of anilines is 6. The summed E-state index contributed by atoms with van der Waals surface area (Å²) in [6, 6.07) is 62.6. The Kier molecular flexibility index (Phi) is 10.3. The van der Waals surface area contributed by atoms with E-state index in [1.165, 1.54) is 122 Å². The van der Waals surface area contributed by atoms with E-state index in [-0.39, 0.29) is 23.0 Å². The van der Waals surface area contributed by atoms with E-state index in [2.05, 4.69) is 262 Å². The zero-order chi connectivity index (χ0) is 52.2. The van der Waals surface area contributed by atoms with Crippen molar-refractivity contribution in [3.63, 3.8) is 0 Å². The Morgan fingerprint density at radius 2 is 0.973 bits per heavy atom. The molecule has 0 saturated carbocycles. The standard InChI is InChI=1S/C70H66BN3O/c1-41-19-18-20-42(2)66(41)73-57-23-16-14-21-51(57)53-39-56-60(40-59(53)73)72(50-29-26-47(27-30-50)68(5,6)7)61-37-49(70(11,12)13)38-62-65(61)71(56)55-36-48(69(8,9)10)28-31-58(55)74(62)67-43(3)33-46(34-44(67)4)45-25-32-64-54(35-45)52-22-15-17-24-63(52)75-64/h14-40H,1-13H3. The first-order chi connectivity index (χ1) is 35.7. The van der Waals surface area contributed by atoms with Crippen molar-refractivity contribution >= 4 is 101 Å². The summed E-state index contributed by atoms with van der Waals surface area (Å²) >= 11 is 0. The maximum atomic E-state index is 6.28. The Bertz CT molecular complexity index is 4140. The number of nitrogens with zero attached hydrogens (tertiary/aromatic N) is 3. The average molecular weight is 976 g/mol. The third kappa shape index (κ3) is 7.25. The maximum Gasteiger partial charge on any atom is 0.252 e. The van der Waals surface area contributed by atoms with Crippen LogP contribution in [0.5, 0.6) is 0 Å². The lowest BCUT2D eigenvalue weighted by Crippen LogP contribution is -2.61. The van der Waals surface area contributed by atoms with E-state index in [1.54, 1.807) is 0 Å². The lowest BCUT2D eigenvalue weighted by molar-refractivity contribution is 0.590. The Morgan fingerprint density at radius 3 is 1.65 bits per heavy atom. The van der Waals surface area contributed by atoms with Crippen LogP contribution in [0.15, 0.2) is 168 Å². The van der Waals surface area contributed by atoms with E-state index in [4.69, 9.17) is 4.42 Å². The van der Waals surface area contributed by atoms with Crippen LogP contribution in [0.3, 0.4) is 0 Å². The summed E-state index contributed by atoms with van der Waals surface area (Å²) in [5.41, 5.74) is 27.9. The van der Waals surface area contributed by atoms with Gasteiger partial charge < -0.3 is 18.8 Å². The Hall–Kier alpha value is -7.76. The highest BCUT2D eigenvalue weighted by atomic mass is 16.3. The van der Waals surface area contributed by atoms with Gasteiger partial charge in [-0.05, 0) is 183 Å². The molecule has 4 heterocycles. The zero-order valence-corrected chi connectivity index (χ0v) is 45.9. The number of hydrogen-bond acceptors (Lipinski definition) is 3. The molecule has 11 aromatic rings. The van der Waals surface area contributed by atoms with Gasteiger partial charge in [0.05, 0.1) is 22.4 Å². The SMILES string of the molecule is Cc1cc(-c2ccc3oc4ccccc4c3c2)cc(C)c1N1c2ccc(C(C)(C)C)cc2B2c3cc4c5ccccc5n(-c5c(C)cccc5C)c4cc3N(c3ccc(C(C)(C)C)cc3)c3cc(C(C)(C)C)cc1c32. The first-order valence-electron chi connectivity index (χ1n) is 26.9. The monoisotopic (exact) mass is 976 g/mol. The van der Waals surface area contributed by atoms with Crippen molar-refractivity contribution in [2.24, 2.45) is 0 Å². The molecule has 13 rings (SSSR count). The van der Waals surface area contributed by atoms with Crippen LogP contribution in [0.25, 0.3) is 60.6 Å². The molecule has 2 aliphatic heterocycles. The fraction of sp³-hybridized carbons (Fsp3) is 0.229. The van der Waals surface area contributed by atoms with Crippen LogP contribution in [0.4, 0.5) is 34.1 Å². The molecular formula is C70H66BN3O. The number of aryl methyl sites for hydroxylation is 4. The second-order valence-corrected chi connectivity index (χ2v) is 24.9. The lowest BCUT2D eigenvalue weighted by atomic mass is 9.33. The van der Waals surface area contributed by atoms with Crippen LogP contribution in [-0.4, -0.2) is 11.3 Å². The molecule has 0 unspecified atom stereocenters. The molecule has 0 aliphatic carbocycles. The van der Waals surface area contributed by atoms with Crippen molar-refractivity contribution in [3.05, 3.63) is 203 Å². The number of aromatic nitrogens is 1. The average Bonchev–Trinajstić information content (AvgIpc) is 3.93. The Morgan fingerprint density at radius 1 is 0.373 bits per heavy atom. The van der Waals surface area contributed by atoms with Gasteiger partial charge in [0.2, 0.25) is 0 Å². The van der Waals surface area contributed by atoms with Gasteiger partial charge in [0.1, 0.15) is 11.2 Å². The van der Waals surface area contributed by atoms with Crippen LogP contribution < -0.4 is 26.2 Å². The summed E-state index contributed by atoms with van der Waals surface area (Å²) in [7, 11) is 0. The smallest absolute Gasteiger partial charge is 0.252 e. The molecule has 0 saturated heterocycles. The summed E-state index contributed by atoms with van der Waals surface area (Å²) in [6.45, 7) is 30.2. The van der Waals surface area contributed by atoms with Gasteiger partial charge in [-0.1, -0.05) is 153 Å². The van der Waals surface area contributed by atoms with Crippen molar-refractivity contribution in [2.75, 3.05) is 9.80 Å². The van der Waals surface area contributed by atoms with E-state index >= 15 is 0 Å². The van der Waals surface area contributed by atoms with Crippen LogP contribution >= 0.6 is 0 Å². The van der Waals surface area contributed by atoms with E-state index in [9.17, 15) is 0 Å². The van der Waals surface area contributed by atoms with Crippen molar-refractivity contribution in [1.82, 2.24) is 4.57 Å². The molecule has 2 aliphatic rings. The Labute approximate surface area is 443 Å². The van der Waals surface area contributed by atoms with Gasteiger partial charge in [0.15, 0.2) is 0 Å². The van der Waals surface area contributed by atoms with Crippen LogP contribution in [0.1, 0.15) is 101 Å². The summed E-state index contributed by atoms with van der Waals surface area (Å²) in [4.78, 5) is 5.26. The molecule has 0 amide bonds. The number of rotatable bonds is 4. The van der Waals surface area contributed by atoms with Crippen LogP contribution in [0, 0.1) is 27.7 Å². The van der Waals surface area contributed by atoms with Gasteiger partial charge in [-0.2, -0.15) is 0 Å². The second kappa shape index (κ2) is 16.4. The number of furan rings is 1. The predicted molar refractivity (Wildman–Crippen MR) is 323 cm³/mol. The molecule has 370 valence electrons. The molecule has 2 aromatic heterocycles. The zero-order valence-electron chi connectivity index (χ0n) is 45.9. The largest absolute Gasteiger partial charge is 0.456 e. The fourth-order valence-electron chi connectivity index (χ4n) is 12.8. The highest BCUT2D eigenvalue weighted by Crippen LogP contribution is 2.50. The minimum atomic E-state index is -0.159. The first-order valence-corrected chi connectivity index (χ1v) is 26.9.